The molecule has 1 aromatic rings. The minimum absolute atomic E-state index is 0.286. The largest absolute Gasteiger partial charge is 0.507 e. The van der Waals surface area contributed by atoms with Crippen LogP contribution in [0.4, 0.5) is 4.39 Å². The van der Waals surface area contributed by atoms with E-state index in [1.54, 1.807) is 13.8 Å². The summed E-state index contributed by atoms with van der Waals surface area (Å²) >= 11 is 2.98. The zero-order valence-corrected chi connectivity index (χ0v) is 11.9. The van der Waals surface area contributed by atoms with Crippen molar-refractivity contribution in [1.82, 2.24) is 4.90 Å². The van der Waals surface area contributed by atoms with Crippen LogP contribution in [0.25, 0.3) is 0 Å². The molecular weight excluding hydrogens is 321 g/mol. The van der Waals surface area contributed by atoms with Crippen LogP contribution >= 0.6 is 15.9 Å². The van der Waals surface area contributed by atoms with Gasteiger partial charge in [0.05, 0.1) is 0 Å². The molecule has 0 heterocycles. The van der Waals surface area contributed by atoms with Crippen LogP contribution in [0, 0.1) is 5.82 Å². The van der Waals surface area contributed by atoms with Crippen molar-refractivity contribution in [3.63, 3.8) is 0 Å². The Bertz CT molecular complexity index is 495. The van der Waals surface area contributed by atoms with Gasteiger partial charge in [0.1, 0.15) is 23.7 Å². The maximum Gasteiger partial charge on any atom is 0.323 e. The summed E-state index contributed by atoms with van der Waals surface area (Å²) in [6, 6.07) is 1.77. The highest BCUT2D eigenvalue weighted by Gasteiger charge is 2.26. The van der Waals surface area contributed by atoms with Gasteiger partial charge in [0, 0.05) is 10.5 Å². The van der Waals surface area contributed by atoms with Gasteiger partial charge < -0.3 is 15.1 Å². The second kappa shape index (κ2) is 6.01. The van der Waals surface area contributed by atoms with Crippen molar-refractivity contribution >= 4 is 27.8 Å². The number of amides is 1. The molecule has 0 bridgehead atoms. The number of phenolic OH excluding ortho intramolecular Hbond substituents is 1. The van der Waals surface area contributed by atoms with E-state index in [4.69, 9.17) is 5.11 Å². The Morgan fingerprint density at radius 2 is 2.00 bits per heavy atom. The molecule has 19 heavy (non-hydrogen) atoms. The van der Waals surface area contributed by atoms with Gasteiger partial charge in [-0.15, -0.1) is 0 Å². The lowest BCUT2D eigenvalue weighted by Gasteiger charge is -2.25. The van der Waals surface area contributed by atoms with E-state index < -0.39 is 41.6 Å². The Hall–Kier alpha value is -1.63. The minimum atomic E-state index is -1.21. The lowest BCUT2D eigenvalue weighted by atomic mass is 10.1. The van der Waals surface area contributed by atoms with E-state index in [0.29, 0.717) is 0 Å². The number of hydrogen-bond donors (Lipinski definition) is 2. The van der Waals surface area contributed by atoms with E-state index in [1.807, 2.05) is 0 Å². The molecule has 0 atom stereocenters. The first-order chi connectivity index (χ1) is 8.73. The number of aromatic hydroxyl groups is 1. The molecule has 5 nitrogen and oxygen atoms in total. The number of aliphatic carboxylic acids is 1. The predicted octanol–water partition coefficient (Wildman–Crippen LogP) is 2.23. The number of benzene rings is 1. The average Bonchev–Trinajstić information content (AvgIpc) is 2.23. The van der Waals surface area contributed by atoms with Gasteiger partial charge in [-0.3, -0.25) is 9.59 Å². The fourth-order valence-corrected chi connectivity index (χ4v) is 1.97. The number of rotatable bonds is 4. The topological polar surface area (TPSA) is 77.8 Å². The van der Waals surface area contributed by atoms with E-state index in [2.05, 4.69) is 15.9 Å². The molecule has 0 unspecified atom stereocenters. The molecule has 0 fully saturated rings. The van der Waals surface area contributed by atoms with Crippen LogP contribution in [-0.4, -0.2) is 39.6 Å². The second-order valence-corrected chi connectivity index (χ2v) is 5.12. The Balaban J connectivity index is 3.20. The lowest BCUT2D eigenvalue weighted by Crippen LogP contribution is -2.41. The lowest BCUT2D eigenvalue weighted by molar-refractivity contribution is -0.138. The third-order valence-electron chi connectivity index (χ3n) is 2.44. The van der Waals surface area contributed by atoms with Crippen molar-refractivity contribution in [3.8, 4) is 5.75 Å². The number of hydrogen-bond acceptors (Lipinski definition) is 3. The van der Waals surface area contributed by atoms with Gasteiger partial charge in [-0.2, -0.15) is 0 Å². The van der Waals surface area contributed by atoms with Crippen molar-refractivity contribution in [2.45, 2.75) is 19.9 Å². The molecule has 104 valence electrons. The van der Waals surface area contributed by atoms with Crippen LogP contribution in [-0.2, 0) is 4.79 Å². The Kier molecular flexibility index (Phi) is 4.88. The van der Waals surface area contributed by atoms with Crippen molar-refractivity contribution in [3.05, 3.63) is 28.0 Å². The summed E-state index contributed by atoms with van der Waals surface area (Å²) < 4.78 is 14.0. The SMILES string of the molecule is CC(C)N(CC(=O)O)C(=O)c1c(O)cc(Br)cc1F. The first kappa shape index (κ1) is 15.4. The minimum Gasteiger partial charge on any atom is -0.507 e. The second-order valence-electron chi connectivity index (χ2n) is 4.20. The van der Waals surface area contributed by atoms with E-state index in [1.165, 1.54) is 6.07 Å². The molecule has 0 aliphatic rings. The smallest absolute Gasteiger partial charge is 0.323 e. The zero-order valence-electron chi connectivity index (χ0n) is 10.4. The molecule has 0 aromatic heterocycles. The Morgan fingerprint density at radius 3 is 2.42 bits per heavy atom. The summed E-state index contributed by atoms with van der Waals surface area (Å²) in [7, 11) is 0. The molecule has 1 aromatic carbocycles. The van der Waals surface area contributed by atoms with Crippen LogP contribution in [0.5, 0.6) is 5.75 Å². The summed E-state index contributed by atoms with van der Waals surface area (Å²) in [5, 5.41) is 18.4. The number of carbonyl (C=O) groups excluding carboxylic acids is 1. The molecule has 1 amide bonds. The standard InChI is InChI=1S/C12H13BrFNO4/c1-6(2)15(5-10(17)18)12(19)11-8(14)3-7(13)4-9(11)16/h3-4,6,16H,5H2,1-2H3,(H,17,18). The van der Waals surface area contributed by atoms with Gasteiger partial charge in [0.2, 0.25) is 0 Å². The number of phenols is 1. The summed E-state index contributed by atoms with van der Waals surface area (Å²) in [6.45, 7) is 2.65. The molecule has 1 rings (SSSR count). The van der Waals surface area contributed by atoms with Crippen molar-refractivity contribution in [1.29, 1.82) is 0 Å². The number of carboxylic acids is 1. The van der Waals surface area contributed by atoms with Crippen LogP contribution in [0.3, 0.4) is 0 Å². The van der Waals surface area contributed by atoms with Crippen LogP contribution in [0.2, 0.25) is 0 Å². The highest BCUT2D eigenvalue weighted by Crippen LogP contribution is 2.27. The molecule has 0 aliphatic heterocycles. The maximum absolute atomic E-state index is 13.7. The van der Waals surface area contributed by atoms with Gasteiger partial charge >= 0.3 is 5.97 Å². The normalized spacial score (nSPS) is 10.6. The molecule has 7 heteroatoms. The molecule has 0 radical (unpaired) electrons. The fraction of sp³-hybridized carbons (Fsp3) is 0.333. The highest BCUT2D eigenvalue weighted by molar-refractivity contribution is 9.10. The summed E-state index contributed by atoms with van der Waals surface area (Å²) in [4.78, 5) is 23.8. The Morgan fingerprint density at radius 1 is 1.42 bits per heavy atom. The van der Waals surface area contributed by atoms with Crippen LogP contribution in [0.15, 0.2) is 16.6 Å². The quantitative estimate of drug-likeness (QED) is 0.885. The third kappa shape index (κ3) is 3.66. The fourth-order valence-electron chi connectivity index (χ4n) is 1.55. The third-order valence-corrected chi connectivity index (χ3v) is 2.90. The highest BCUT2D eigenvalue weighted by atomic mass is 79.9. The van der Waals surface area contributed by atoms with Gasteiger partial charge in [-0.05, 0) is 26.0 Å². The van der Waals surface area contributed by atoms with E-state index in [9.17, 15) is 19.1 Å². The summed E-state index contributed by atoms with van der Waals surface area (Å²) in [5.41, 5.74) is -0.529. The number of halogens is 2. The van der Waals surface area contributed by atoms with Gasteiger partial charge in [-0.25, -0.2) is 4.39 Å². The zero-order chi connectivity index (χ0) is 14.7. The van der Waals surface area contributed by atoms with Crippen molar-refractivity contribution < 1.29 is 24.2 Å². The number of carboxylic acid groups (broad SMARTS) is 1. The monoisotopic (exact) mass is 333 g/mol. The van der Waals surface area contributed by atoms with Gasteiger partial charge in [0.15, 0.2) is 0 Å². The van der Waals surface area contributed by atoms with Gasteiger partial charge in [-0.1, -0.05) is 15.9 Å². The molecule has 0 aliphatic carbocycles. The van der Waals surface area contributed by atoms with Crippen molar-refractivity contribution in [2.24, 2.45) is 0 Å². The van der Waals surface area contributed by atoms with E-state index in [-0.39, 0.29) is 4.47 Å². The molecule has 2 N–H and O–H groups in total. The van der Waals surface area contributed by atoms with E-state index >= 15 is 0 Å². The number of nitrogens with zero attached hydrogens (tertiary/aromatic N) is 1. The molecular formula is C12H13BrFNO4. The maximum atomic E-state index is 13.7. The van der Waals surface area contributed by atoms with Crippen LogP contribution in [0.1, 0.15) is 24.2 Å². The summed E-state index contributed by atoms with van der Waals surface area (Å²) in [6.07, 6.45) is 0. The molecule has 0 spiro atoms. The Labute approximate surface area is 117 Å². The summed E-state index contributed by atoms with van der Waals surface area (Å²) in [5.74, 6) is -3.51. The van der Waals surface area contributed by atoms with Crippen LogP contribution < -0.4 is 0 Å². The predicted molar refractivity (Wildman–Crippen MR) is 69.6 cm³/mol. The first-order valence-corrected chi connectivity index (χ1v) is 6.24. The molecule has 0 saturated heterocycles. The van der Waals surface area contributed by atoms with E-state index in [0.717, 1.165) is 11.0 Å². The molecule has 0 saturated carbocycles. The number of carbonyl (C=O) groups is 2. The average molecular weight is 334 g/mol. The van der Waals surface area contributed by atoms with Gasteiger partial charge in [0.25, 0.3) is 5.91 Å². The van der Waals surface area contributed by atoms with Crippen molar-refractivity contribution in [2.75, 3.05) is 6.54 Å². The first-order valence-electron chi connectivity index (χ1n) is 5.44.